The molecule has 0 unspecified atom stereocenters. The standard InChI is InChI=1S/C23H24F3N3O4S/c1-3-33-18-6-9-20-16(14-18)15-21(22(30)28-12-10-27(2)11-13-28)29(20)34(31,32)19-7-4-17(5-8-19)23(24,25)26/h4-9,14-15H,3,10-13H2,1-2H3. The molecule has 1 fully saturated rings. The summed E-state index contributed by atoms with van der Waals surface area (Å²) in [6.45, 7) is 4.37. The molecule has 1 aliphatic heterocycles. The molecule has 1 aliphatic rings. The number of hydrogen-bond donors (Lipinski definition) is 0. The average Bonchev–Trinajstić information content (AvgIpc) is 3.18. The molecule has 1 amide bonds. The summed E-state index contributed by atoms with van der Waals surface area (Å²) in [4.78, 5) is 16.7. The molecule has 3 aromatic rings. The summed E-state index contributed by atoms with van der Waals surface area (Å²) in [5.41, 5.74) is -0.798. The van der Waals surface area contributed by atoms with Crippen molar-refractivity contribution in [3.63, 3.8) is 0 Å². The molecule has 2 aromatic carbocycles. The van der Waals surface area contributed by atoms with Gasteiger partial charge in [0.25, 0.3) is 15.9 Å². The van der Waals surface area contributed by atoms with E-state index in [1.54, 1.807) is 17.0 Å². The number of nitrogens with zero attached hydrogens (tertiary/aromatic N) is 3. The molecule has 182 valence electrons. The fraction of sp³-hybridized carbons (Fsp3) is 0.348. The zero-order chi connectivity index (χ0) is 24.7. The van der Waals surface area contributed by atoms with Crippen LogP contribution in [-0.2, 0) is 16.2 Å². The first kappa shape index (κ1) is 24.1. The molecule has 4 rings (SSSR count). The summed E-state index contributed by atoms with van der Waals surface area (Å²) >= 11 is 0. The number of ether oxygens (including phenoxy) is 1. The van der Waals surface area contributed by atoms with Gasteiger partial charge >= 0.3 is 6.18 Å². The van der Waals surface area contributed by atoms with Crippen LogP contribution in [0.5, 0.6) is 5.75 Å². The van der Waals surface area contributed by atoms with Gasteiger partial charge in [0.05, 0.1) is 22.6 Å². The Kier molecular flexibility index (Phi) is 6.34. The van der Waals surface area contributed by atoms with Crippen LogP contribution in [0.3, 0.4) is 0 Å². The molecule has 1 aromatic heterocycles. The smallest absolute Gasteiger partial charge is 0.416 e. The van der Waals surface area contributed by atoms with Crippen molar-refractivity contribution in [2.45, 2.75) is 18.0 Å². The van der Waals surface area contributed by atoms with Crippen molar-refractivity contribution >= 4 is 26.8 Å². The number of fused-ring (bicyclic) bond motifs is 1. The molecule has 0 aliphatic carbocycles. The maximum absolute atomic E-state index is 13.6. The number of hydrogen-bond acceptors (Lipinski definition) is 5. The Labute approximate surface area is 195 Å². The molecule has 11 heteroatoms. The minimum atomic E-state index is -4.60. The van der Waals surface area contributed by atoms with E-state index in [1.807, 2.05) is 14.0 Å². The lowest BCUT2D eigenvalue weighted by Gasteiger charge is -2.32. The molecular formula is C23H24F3N3O4S. The van der Waals surface area contributed by atoms with Crippen LogP contribution in [0.15, 0.2) is 53.4 Å². The first-order valence-electron chi connectivity index (χ1n) is 10.7. The lowest BCUT2D eigenvalue weighted by Crippen LogP contribution is -2.47. The molecule has 0 saturated carbocycles. The van der Waals surface area contributed by atoms with Gasteiger partial charge in [-0.1, -0.05) is 0 Å². The summed E-state index contributed by atoms with van der Waals surface area (Å²) in [5, 5.41) is 0.471. The number of carbonyl (C=O) groups is 1. The highest BCUT2D eigenvalue weighted by molar-refractivity contribution is 7.90. The van der Waals surface area contributed by atoms with Crippen LogP contribution < -0.4 is 4.74 Å². The van der Waals surface area contributed by atoms with Gasteiger partial charge in [0.2, 0.25) is 0 Å². The van der Waals surface area contributed by atoms with Gasteiger partial charge in [-0.15, -0.1) is 0 Å². The number of alkyl halides is 3. The first-order valence-corrected chi connectivity index (χ1v) is 12.2. The van der Waals surface area contributed by atoms with Crippen LogP contribution in [0.25, 0.3) is 10.9 Å². The van der Waals surface area contributed by atoms with Gasteiger partial charge in [-0.05, 0) is 62.5 Å². The quantitative estimate of drug-likeness (QED) is 0.540. The van der Waals surface area contributed by atoms with E-state index in [9.17, 15) is 26.4 Å². The second-order valence-corrected chi connectivity index (χ2v) is 9.86. The van der Waals surface area contributed by atoms with Crippen molar-refractivity contribution < 1.29 is 31.1 Å². The maximum Gasteiger partial charge on any atom is 0.416 e. The van der Waals surface area contributed by atoms with E-state index in [-0.39, 0.29) is 16.1 Å². The number of aromatic nitrogens is 1. The number of amides is 1. The van der Waals surface area contributed by atoms with Crippen LogP contribution in [0, 0.1) is 0 Å². The minimum absolute atomic E-state index is 0.0758. The van der Waals surface area contributed by atoms with Gasteiger partial charge in [-0.3, -0.25) is 4.79 Å². The molecule has 0 radical (unpaired) electrons. The molecule has 2 heterocycles. The molecule has 7 nitrogen and oxygen atoms in total. The van der Waals surface area contributed by atoms with Crippen LogP contribution in [-0.4, -0.2) is 67.9 Å². The lowest BCUT2D eigenvalue weighted by atomic mass is 10.2. The molecule has 0 bridgehead atoms. The second kappa shape index (κ2) is 8.95. The monoisotopic (exact) mass is 495 g/mol. The Hall–Kier alpha value is -3.05. The van der Waals surface area contributed by atoms with Gasteiger partial charge in [-0.25, -0.2) is 12.4 Å². The predicted octanol–water partition coefficient (Wildman–Crippen LogP) is 3.68. The van der Waals surface area contributed by atoms with Crippen LogP contribution in [0.2, 0.25) is 0 Å². The van der Waals surface area contributed by atoms with Crippen molar-refractivity contribution in [2.24, 2.45) is 0 Å². The second-order valence-electron chi connectivity index (χ2n) is 8.07. The number of carbonyl (C=O) groups excluding carboxylic acids is 1. The van der Waals surface area contributed by atoms with E-state index in [0.29, 0.717) is 56.1 Å². The van der Waals surface area contributed by atoms with Gasteiger partial charge < -0.3 is 14.5 Å². The number of rotatable bonds is 5. The van der Waals surface area contributed by atoms with Crippen molar-refractivity contribution in [3.05, 3.63) is 59.8 Å². The van der Waals surface area contributed by atoms with Gasteiger partial charge in [0, 0.05) is 31.6 Å². The SMILES string of the molecule is CCOc1ccc2c(c1)cc(C(=O)N1CCN(C)CC1)n2S(=O)(=O)c1ccc(C(F)(F)F)cc1. The molecular weight excluding hydrogens is 471 g/mol. The van der Waals surface area contributed by atoms with Crippen molar-refractivity contribution in [3.8, 4) is 5.75 Å². The summed E-state index contributed by atoms with van der Waals surface area (Å²) in [6, 6.07) is 9.49. The number of benzene rings is 2. The number of likely N-dealkylation sites (N-methyl/N-ethyl adjacent to an activating group) is 1. The summed E-state index contributed by atoms with van der Waals surface area (Å²) in [6.07, 6.45) is -4.60. The molecule has 0 atom stereocenters. The Bertz CT molecular complexity index is 1310. The van der Waals surface area contributed by atoms with Crippen molar-refractivity contribution in [1.82, 2.24) is 13.8 Å². The van der Waals surface area contributed by atoms with Crippen LogP contribution in [0.4, 0.5) is 13.2 Å². The van der Waals surface area contributed by atoms with E-state index in [1.165, 1.54) is 12.1 Å². The Balaban J connectivity index is 1.85. The Morgan fingerprint density at radius 1 is 1.00 bits per heavy atom. The van der Waals surface area contributed by atoms with E-state index in [2.05, 4.69) is 4.90 Å². The zero-order valence-electron chi connectivity index (χ0n) is 18.7. The molecule has 1 saturated heterocycles. The molecule has 0 N–H and O–H groups in total. The largest absolute Gasteiger partial charge is 0.494 e. The lowest BCUT2D eigenvalue weighted by molar-refractivity contribution is -0.137. The third-order valence-corrected chi connectivity index (χ3v) is 7.51. The van der Waals surface area contributed by atoms with Crippen molar-refractivity contribution in [2.75, 3.05) is 39.8 Å². The highest BCUT2D eigenvalue weighted by atomic mass is 32.2. The van der Waals surface area contributed by atoms with Crippen LogP contribution >= 0.6 is 0 Å². The molecule has 0 spiro atoms. The van der Waals surface area contributed by atoms with E-state index >= 15 is 0 Å². The van der Waals surface area contributed by atoms with Crippen molar-refractivity contribution in [1.29, 1.82) is 0 Å². The van der Waals surface area contributed by atoms with E-state index < -0.39 is 27.7 Å². The summed E-state index contributed by atoms with van der Waals surface area (Å²) in [5.74, 6) is 0.0513. The third-order valence-electron chi connectivity index (χ3n) is 5.77. The Morgan fingerprint density at radius 3 is 2.24 bits per heavy atom. The average molecular weight is 496 g/mol. The fourth-order valence-corrected chi connectivity index (χ4v) is 5.43. The predicted molar refractivity (Wildman–Crippen MR) is 121 cm³/mol. The number of halogens is 3. The third kappa shape index (κ3) is 4.49. The van der Waals surface area contributed by atoms with Crippen LogP contribution in [0.1, 0.15) is 23.0 Å². The highest BCUT2D eigenvalue weighted by Crippen LogP contribution is 2.32. The normalized spacial score (nSPS) is 15.6. The first-order chi connectivity index (χ1) is 16.0. The minimum Gasteiger partial charge on any atom is -0.494 e. The maximum atomic E-state index is 13.6. The van der Waals surface area contributed by atoms with Gasteiger partial charge in [0.15, 0.2) is 0 Å². The highest BCUT2D eigenvalue weighted by Gasteiger charge is 2.33. The Morgan fingerprint density at radius 2 is 1.65 bits per heavy atom. The summed E-state index contributed by atoms with van der Waals surface area (Å²) < 4.78 is 72.6. The van der Waals surface area contributed by atoms with E-state index in [4.69, 9.17) is 4.74 Å². The zero-order valence-corrected chi connectivity index (χ0v) is 19.5. The summed E-state index contributed by atoms with van der Waals surface area (Å²) in [7, 11) is -2.45. The number of piperazine rings is 1. The topological polar surface area (TPSA) is 71.8 Å². The van der Waals surface area contributed by atoms with Gasteiger partial charge in [0.1, 0.15) is 11.4 Å². The molecule has 34 heavy (non-hydrogen) atoms. The fourth-order valence-electron chi connectivity index (χ4n) is 3.93. The van der Waals surface area contributed by atoms with Gasteiger partial charge in [-0.2, -0.15) is 13.2 Å². The van der Waals surface area contributed by atoms with E-state index in [0.717, 1.165) is 16.1 Å².